The van der Waals surface area contributed by atoms with Crippen molar-refractivity contribution < 1.29 is 8.42 Å². The molecule has 1 fully saturated rings. The fourth-order valence-corrected chi connectivity index (χ4v) is 4.44. The van der Waals surface area contributed by atoms with Crippen LogP contribution in [0, 0.1) is 5.92 Å². The molecule has 2 aromatic rings. The Bertz CT molecular complexity index is 732. The van der Waals surface area contributed by atoms with Crippen LogP contribution in [0.3, 0.4) is 0 Å². The van der Waals surface area contributed by atoms with Crippen LogP contribution < -0.4 is 5.73 Å². The van der Waals surface area contributed by atoms with Crippen LogP contribution in [-0.2, 0) is 10.0 Å². The van der Waals surface area contributed by atoms with Gasteiger partial charge in [0.25, 0.3) is 0 Å². The quantitative estimate of drug-likeness (QED) is 0.934. The summed E-state index contributed by atoms with van der Waals surface area (Å²) < 4.78 is 27.3. The number of nitrogens with zero attached hydrogens (tertiary/aromatic N) is 2. The van der Waals surface area contributed by atoms with Crippen LogP contribution in [0.4, 0.5) is 0 Å². The highest BCUT2D eigenvalue weighted by Gasteiger charge is 2.30. The van der Waals surface area contributed by atoms with Crippen molar-refractivity contribution in [3.05, 3.63) is 36.5 Å². The number of hydrogen-bond acceptors (Lipinski definition) is 4. The lowest BCUT2D eigenvalue weighted by atomic mass is 9.99. The summed E-state index contributed by atoms with van der Waals surface area (Å²) in [4.78, 5) is 4.55. The molecule has 1 aromatic carbocycles. The van der Waals surface area contributed by atoms with E-state index in [9.17, 15) is 8.42 Å². The van der Waals surface area contributed by atoms with Gasteiger partial charge in [-0.1, -0.05) is 18.2 Å². The largest absolute Gasteiger partial charge is 0.330 e. The second kappa shape index (κ2) is 5.71. The van der Waals surface area contributed by atoms with E-state index < -0.39 is 10.0 Å². The molecule has 1 aliphatic heterocycles. The first kappa shape index (κ1) is 14.4. The zero-order valence-electron chi connectivity index (χ0n) is 11.8. The Morgan fingerprint density at radius 1 is 1.19 bits per heavy atom. The molecule has 2 heterocycles. The van der Waals surface area contributed by atoms with E-state index in [-0.39, 0.29) is 0 Å². The van der Waals surface area contributed by atoms with Crippen molar-refractivity contribution in [1.82, 2.24) is 9.29 Å². The Labute approximate surface area is 124 Å². The number of sulfonamides is 1. The topological polar surface area (TPSA) is 76.3 Å². The monoisotopic (exact) mass is 305 g/mol. The number of fused-ring (bicyclic) bond motifs is 1. The van der Waals surface area contributed by atoms with Gasteiger partial charge >= 0.3 is 0 Å². The van der Waals surface area contributed by atoms with Gasteiger partial charge in [0, 0.05) is 24.7 Å². The second-order valence-corrected chi connectivity index (χ2v) is 7.32. The Morgan fingerprint density at radius 2 is 1.90 bits per heavy atom. The Kier molecular flexibility index (Phi) is 3.93. The lowest BCUT2D eigenvalue weighted by molar-refractivity contribution is 0.278. The molecule has 0 aliphatic carbocycles. The average Bonchev–Trinajstić information content (AvgIpc) is 2.54. The number of rotatable bonds is 3. The highest BCUT2D eigenvalue weighted by molar-refractivity contribution is 7.89. The van der Waals surface area contributed by atoms with Crippen LogP contribution in [0.2, 0.25) is 0 Å². The summed E-state index contributed by atoms with van der Waals surface area (Å²) in [5, 5.41) is 0.843. The number of para-hydroxylation sites is 1. The van der Waals surface area contributed by atoms with Crippen LogP contribution in [-0.4, -0.2) is 37.3 Å². The normalized spacial score (nSPS) is 18.1. The van der Waals surface area contributed by atoms with Gasteiger partial charge in [-0.25, -0.2) is 8.42 Å². The van der Waals surface area contributed by atoms with Gasteiger partial charge in [-0.3, -0.25) is 4.98 Å². The van der Waals surface area contributed by atoms with Crippen LogP contribution >= 0.6 is 0 Å². The van der Waals surface area contributed by atoms with Gasteiger partial charge in [0.05, 0.1) is 5.52 Å². The maximum Gasteiger partial charge on any atom is 0.245 e. The van der Waals surface area contributed by atoms with Crippen molar-refractivity contribution in [2.24, 2.45) is 11.7 Å². The fraction of sp³-hybridized carbons (Fsp3) is 0.400. The van der Waals surface area contributed by atoms with Gasteiger partial charge in [0.1, 0.15) is 4.90 Å². The van der Waals surface area contributed by atoms with Crippen molar-refractivity contribution in [3.63, 3.8) is 0 Å². The second-order valence-electron chi connectivity index (χ2n) is 5.41. The minimum absolute atomic E-state index is 0.298. The van der Waals surface area contributed by atoms with Gasteiger partial charge in [-0.2, -0.15) is 4.31 Å². The number of benzene rings is 1. The third-order valence-electron chi connectivity index (χ3n) is 4.12. The molecule has 0 unspecified atom stereocenters. The molecule has 0 bridgehead atoms. The van der Waals surface area contributed by atoms with E-state index in [2.05, 4.69) is 4.98 Å². The molecule has 0 saturated carbocycles. The maximum absolute atomic E-state index is 12.9. The number of pyridine rings is 1. The molecule has 0 spiro atoms. The van der Waals surface area contributed by atoms with Crippen LogP contribution in [0.25, 0.3) is 10.9 Å². The standard InChI is InChI=1S/C15H19N3O2S/c16-11-12-6-9-18(10-7-12)21(19,20)14-5-1-3-13-4-2-8-17-15(13)14/h1-5,8,12H,6-7,9-11,16H2. The molecule has 5 nitrogen and oxygen atoms in total. The number of aromatic nitrogens is 1. The summed E-state index contributed by atoms with van der Waals surface area (Å²) in [6.07, 6.45) is 3.28. The summed E-state index contributed by atoms with van der Waals surface area (Å²) in [7, 11) is -3.49. The first-order valence-electron chi connectivity index (χ1n) is 7.17. The van der Waals surface area contributed by atoms with Gasteiger partial charge in [0.2, 0.25) is 10.0 Å². The third-order valence-corrected chi connectivity index (χ3v) is 6.05. The van der Waals surface area contributed by atoms with E-state index >= 15 is 0 Å². The van der Waals surface area contributed by atoms with Crippen LogP contribution in [0.15, 0.2) is 41.4 Å². The molecule has 0 amide bonds. The average molecular weight is 305 g/mol. The van der Waals surface area contributed by atoms with Crippen molar-refractivity contribution >= 4 is 20.9 Å². The van der Waals surface area contributed by atoms with Gasteiger partial charge in [0.15, 0.2) is 0 Å². The van der Waals surface area contributed by atoms with E-state index in [1.165, 1.54) is 0 Å². The van der Waals surface area contributed by atoms with Gasteiger partial charge in [-0.15, -0.1) is 0 Å². The Hall–Kier alpha value is -1.50. The highest BCUT2D eigenvalue weighted by atomic mass is 32.2. The van der Waals surface area contributed by atoms with Crippen LogP contribution in [0.1, 0.15) is 12.8 Å². The Balaban J connectivity index is 1.98. The molecular formula is C15H19N3O2S. The smallest absolute Gasteiger partial charge is 0.245 e. The molecule has 21 heavy (non-hydrogen) atoms. The highest BCUT2D eigenvalue weighted by Crippen LogP contribution is 2.27. The van der Waals surface area contributed by atoms with E-state index in [1.54, 1.807) is 22.6 Å². The summed E-state index contributed by atoms with van der Waals surface area (Å²) in [6.45, 7) is 1.70. The minimum atomic E-state index is -3.49. The molecule has 0 atom stereocenters. The molecule has 3 rings (SSSR count). The van der Waals surface area contributed by atoms with Gasteiger partial charge < -0.3 is 5.73 Å². The van der Waals surface area contributed by atoms with Crippen molar-refractivity contribution in [1.29, 1.82) is 0 Å². The summed E-state index contributed by atoms with van der Waals surface area (Å²) in [5.74, 6) is 0.432. The minimum Gasteiger partial charge on any atom is -0.330 e. The van der Waals surface area contributed by atoms with E-state index in [1.807, 2.05) is 18.2 Å². The number of nitrogens with two attached hydrogens (primary N) is 1. The van der Waals surface area contributed by atoms with E-state index in [4.69, 9.17) is 5.73 Å². The first-order chi connectivity index (χ1) is 10.1. The maximum atomic E-state index is 12.9. The molecule has 1 saturated heterocycles. The SMILES string of the molecule is NCC1CCN(S(=O)(=O)c2cccc3cccnc23)CC1. The lowest BCUT2D eigenvalue weighted by Gasteiger charge is -2.30. The Morgan fingerprint density at radius 3 is 2.62 bits per heavy atom. The molecule has 1 aliphatic rings. The van der Waals surface area contributed by atoms with Crippen molar-refractivity contribution in [3.8, 4) is 0 Å². The first-order valence-corrected chi connectivity index (χ1v) is 8.61. The lowest BCUT2D eigenvalue weighted by Crippen LogP contribution is -2.40. The number of piperidine rings is 1. The molecule has 6 heteroatoms. The molecule has 2 N–H and O–H groups in total. The molecule has 1 aromatic heterocycles. The number of hydrogen-bond donors (Lipinski definition) is 1. The predicted molar refractivity (Wildman–Crippen MR) is 82.3 cm³/mol. The third kappa shape index (κ3) is 2.66. The zero-order valence-corrected chi connectivity index (χ0v) is 12.6. The molecule has 112 valence electrons. The predicted octanol–water partition coefficient (Wildman–Crippen LogP) is 1.59. The van der Waals surface area contributed by atoms with Crippen molar-refractivity contribution in [2.45, 2.75) is 17.7 Å². The molecule has 0 radical (unpaired) electrons. The van der Waals surface area contributed by atoms with E-state index in [0.717, 1.165) is 18.2 Å². The summed E-state index contributed by atoms with van der Waals surface area (Å²) in [6, 6.07) is 8.97. The summed E-state index contributed by atoms with van der Waals surface area (Å²) >= 11 is 0. The molecular weight excluding hydrogens is 286 g/mol. The van der Waals surface area contributed by atoms with E-state index in [0.29, 0.717) is 36.0 Å². The van der Waals surface area contributed by atoms with Gasteiger partial charge in [-0.05, 0) is 37.4 Å². The fourth-order valence-electron chi connectivity index (χ4n) is 2.81. The summed E-state index contributed by atoms with van der Waals surface area (Å²) in [5.41, 5.74) is 6.21. The van der Waals surface area contributed by atoms with Crippen molar-refractivity contribution in [2.75, 3.05) is 19.6 Å². The van der Waals surface area contributed by atoms with Crippen LogP contribution in [0.5, 0.6) is 0 Å². The zero-order chi connectivity index (χ0) is 14.9.